The van der Waals surface area contributed by atoms with Crippen LogP contribution in [0, 0.1) is 5.92 Å². The highest BCUT2D eigenvalue weighted by Gasteiger charge is 2.16. The molecule has 1 saturated carbocycles. The molecule has 3 rings (SSSR count). The molecular formula is C16H23NO2. The number of para-hydroxylation sites is 1. The highest BCUT2D eigenvalue weighted by atomic mass is 16.6. The van der Waals surface area contributed by atoms with E-state index in [0.29, 0.717) is 13.2 Å². The fourth-order valence-electron chi connectivity index (χ4n) is 3.10. The highest BCUT2D eigenvalue weighted by molar-refractivity contribution is 5.47. The van der Waals surface area contributed by atoms with Gasteiger partial charge in [-0.25, -0.2) is 0 Å². The Morgan fingerprint density at radius 2 is 1.95 bits per heavy atom. The minimum absolute atomic E-state index is 0.658. The largest absolute Gasteiger partial charge is 0.486 e. The van der Waals surface area contributed by atoms with Crippen molar-refractivity contribution < 1.29 is 9.47 Å². The molecule has 0 bridgehead atoms. The van der Waals surface area contributed by atoms with Crippen molar-refractivity contribution in [3.63, 3.8) is 0 Å². The summed E-state index contributed by atoms with van der Waals surface area (Å²) in [5.74, 6) is 2.78. The number of benzene rings is 1. The van der Waals surface area contributed by atoms with Crippen LogP contribution < -0.4 is 14.8 Å². The number of hydrogen-bond donors (Lipinski definition) is 1. The van der Waals surface area contributed by atoms with E-state index in [9.17, 15) is 0 Å². The number of rotatable bonds is 5. The number of hydrogen-bond acceptors (Lipinski definition) is 3. The molecule has 0 amide bonds. The molecule has 1 aromatic carbocycles. The first-order valence-corrected chi connectivity index (χ1v) is 7.52. The van der Waals surface area contributed by atoms with E-state index in [0.717, 1.165) is 30.5 Å². The second-order valence-electron chi connectivity index (χ2n) is 5.56. The second-order valence-corrected chi connectivity index (χ2v) is 5.56. The Morgan fingerprint density at radius 1 is 1.11 bits per heavy atom. The van der Waals surface area contributed by atoms with Gasteiger partial charge >= 0.3 is 0 Å². The molecule has 19 heavy (non-hydrogen) atoms. The van der Waals surface area contributed by atoms with Gasteiger partial charge in [-0.15, -0.1) is 0 Å². The zero-order valence-corrected chi connectivity index (χ0v) is 11.5. The quantitative estimate of drug-likeness (QED) is 0.826. The third-order valence-corrected chi connectivity index (χ3v) is 4.17. The van der Waals surface area contributed by atoms with Gasteiger partial charge in [0.15, 0.2) is 11.5 Å². The van der Waals surface area contributed by atoms with Gasteiger partial charge in [-0.2, -0.15) is 0 Å². The van der Waals surface area contributed by atoms with Crippen molar-refractivity contribution in [2.24, 2.45) is 5.92 Å². The van der Waals surface area contributed by atoms with Crippen molar-refractivity contribution in [3.8, 4) is 11.5 Å². The molecule has 1 N–H and O–H groups in total. The van der Waals surface area contributed by atoms with Gasteiger partial charge < -0.3 is 14.8 Å². The molecule has 0 spiro atoms. The number of fused-ring (bicyclic) bond motifs is 1. The number of ether oxygens (including phenoxy) is 2. The van der Waals surface area contributed by atoms with Gasteiger partial charge in [0.1, 0.15) is 13.2 Å². The third-order valence-electron chi connectivity index (χ3n) is 4.17. The third kappa shape index (κ3) is 3.21. The topological polar surface area (TPSA) is 30.5 Å². The zero-order chi connectivity index (χ0) is 12.9. The van der Waals surface area contributed by atoms with E-state index in [1.165, 1.54) is 37.7 Å². The molecular weight excluding hydrogens is 238 g/mol. The van der Waals surface area contributed by atoms with E-state index < -0.39 is 0 Å². The molecule has 2 aliphatic rings. The fraction of sp³-hybridized carbons (Fsp3) is 0.625. The second kappa shape index (κ2) is 6.29. The Morgan fingerprint density at radius 3 is 2.84 bits per heavy atom. The van der Waals surface area contributed by atoms with Crippen molar-refractivity contribution in [3.05, 3.63) is 23.8 Å². The minimum Gasteiger partial charge on any atom is -0.486 e. The maximum atomic E-state index is 5.72. The van der Waals surface area contributed by atoms with Gasteiger partial charge in [-0.05, 0) is 24.9 Å². The molecule has 3 heteroatoms. The lowest BCUT2D eigenvalue weighted by atomic mass is 10.0. The first-order valence-electron chi connectivity index (χ1n) is 7.52. The van der Waals surface area contributed by atoms with Gasteiger partial charge in [0.2, 0.25) is 0 Å². The maximum Gasteiger partial charge on any atom is 0.165 e. The predicted octanol–water partition coefficient (Wildman–Crippen LogP) is 3.13. The summed E-state index contributed by atoms with van der Waals surface area (Å²) >= 11 is 0. The molecule has 104 valence electrons. The van der Waals surface area contributed by atoms with Crippen LogP contribution in [0.1, 0.15) is 37.7 Å². The summed E-state index contributed by atoms with van der Waals surface area (Å²) in [6.07, 6.45) is 7.04. The zero-order valence-electron chi connectivity index (χ0n) is 11.5. The van der Waals surface area contributed by atoms with Crippen LogP contribution in [0.4, 0.5) is 0 Å². The van der Waals surface area contributed by atoms with Crippen molar-refractivity contribution in [2.75, 3.05) is 19.8 Å². The van der Waals surface area contributed by atoms with E-state index in [-0.39, 0.29) is 0 Å². The van der Waals surface area contributed by atoms with Crippen LogP contribution >= 0.6 is 0 Å². The van der Waals surface area contributed by atoms with Crippen molar-refractivity contribution >= 4 is 0 Å². The van der Waals surface area contributed by atoms with Gasteiger partial charge in [-0.3, -0.25) is 0 Å². The summed E-state index contributed by atoms with van der Waals surface area (Å²) in [7, 11) is 0. The lowest BCUT2D eigenvalue weighted by Gasteiger charge is -2.21. The van der Waals surface area contributed by atoms with E-state index >= 15 is 0 Å². The van der Waals surface area contributed by atoms with Crippen LogP contribution in [-0.4, -0.2) is 19.8 Å². The molecule has 0 radical (unpaired) electrons. The van der Waals surface area contributed by atoms with Gasteiger partial charge in [-0.1, -0.05) is 37.8 Å². The molecule has 3 nitrogen and oxygen atoms in total. The Labute approximate surface area is 115 Å². The molecule has 0 saturated heterocycles. The fourth-order valence-corrected chi connectivity index (χ4v) is 3.10. The Kier molecular flexibility index (Phi) is 4.23. The summed E-state index contributed by atoms with van der Waals surface area (Å²) in [6, 6.07) is 6.15. The van der Waals surface area contributed by atoms with Crippen LogP contribution in [0.25, 0.3) is 0 Å². The predicted molar refractivity (Wildman–Crippen MR) is 75.7 cm³/mol. The summed E-state index contributed by atoms with van der Waals surface area (Å²) in [5, 5.41) is 3.54. The lowest BCUT2D eigenvalue weighted by Crippen LogP contribution is -2.20. The monoisotopic (exact) mass is 261 g/mol. The molecule has 0 unspecified atom stereocenters. The molecule has 1 aliphatic heterocycles. The molecule has 0 aromatic heterocycles. The molecule has 0 atom stereocenters. The van der Waals surface area contributed by atoms with E-state index in [1.807, 2.05) is 12.1 Å². The number of nitrogens with one attached hydrogen (secondary N) is 1. The summed E-state index contributed by atoms with van der Waals surface area (Å²) in [4.78, 5) is 0. The van der Waals surface area contributed by atoms with Crippen LogP contribution in [0.5, 0.6) is 11.5 Å². The Hall–Kier alpha value is -1.22. The molecule has 1 heterocycles. The average Bonchev–Trinajstić information content (AvgIpc) is 2.97. The van der Waals surface area contributed by atoms with Crippen LogP contribution in [0.2, 0.25) is 0 Å². The molecule has 1 aliphatic carbocycles. The average molecular weight is 261 g/mol. The van der Waals surface area contributed by atoms with Crippen LogP contribution in [0.15, 0.2) is 18.2 Å². The highest BCUT2D eigenvalue weighted by Crippen LogP contribution is 2.33. The Bertz CT molecular complexity index is 413. The first-order chi connectivity index (χ1) is 9.43. The van der Waals surface area contributed by atoms with E-state index in [1.54, 1.807) is 0 Å². The van der Waals surface area contributed by atoms with Crippen LogP contribution in [0.3, 0.4) is 0 Å². The van der Waals surface area contributed by atoms with Crippen LogP contribution in [-0.2, 0) is 6.54 Å². The maximum absolute atomic E-state index is 5.72. The van der Waals surface area contributed by atoms with E-state index in [2.05, 4.69) is 11.4 Å². The first kappa shape index (κ1) is 12.8. The Balaban J connectivity index is 1.49. The summed E-state index contributed by atoms with van der Waals surface area (Å²) < 4.78 is 11.3. The van der Waals surface area contributed by atoms with Gasteiger partial charge in [0, 0.05) is 12.1 Å². The van der Waals surface area contributed by atoms with Crippen molar-refractivity contribution in [2.45, 2.75) is 38.6 Å². The summed E-state index contributed by atoms with van der Waals surface area (Å²) in [5.41, 5.74) is 1.21. The van der Waals surface area contributed by atoms with E-state index in [4.69, 9.17) is 9.47 Å². The molecule has 1 fully saturated rings. The SMILES string of the molecule is c1cc(CNCCC2CCCC2)c2c(c1)OCCO2. The van der Waals surface area contributed by atoms with Crippen molar-refractivity contribution in [1.82, 2.24) is 5.32 Å². The van der Waals surface area contributed by atoms with Gasteiger partial charge in [0.05, 0.1) is 0 Å². The minimum atomic E-state index is 0.658. The lowest BCUT2D eigenvalue weighted by molar-refractivity contribution is 0.169. The smallest absolute Gasteiger partial charge is 0.165 e. The summed E-state index contributed by atoms with van der Waals surface area (Å²) in [6.45, 7) is 3.30. The normalized spacial score (nSPS) is 18.7. The van der Waals surface area contributed by atoms with Crippen molar-refractivity contribution in [1.29, 1.82) is 0 Å². The molecule has 1 aromatic rings. The van der Waals surface area contributed by atoms with Gasteiger partial charge in [0.25, 0.3) is 0 Å². The standard InChI is InChI=1S/C16H23NO2/c1-2-5-13(4-1)8-9-17-12-14-6-3-7-15-16(14)19-11-10-18-15/h3,6-7,13,17H,1-2,4-5,8-12H2.